The largest absolute Gasteiger partial charge is 0.504 e. The summed E-state index contributed by atoms with van der Waals surface area (Å²) in [5, 5.41) is 9.44. The van der Waals surface area contributed by atoms with Gasteiger partial charge < -0.3 is 14.6 Å². The van der Waals surface area contributed by atoms with E-state index in [1.54, 1.807) is 13.2 Å². The van der Waals surface area contributed by atoms with Gasteiger partial charge in [0, 0.05) is 13.5 Å². The molecule has 1 aliphatic rings. The lowest BCUT2D eigenvalue weighted by atomic mass is 10.0. The molecule has 0 aliphatic heterocycles. The second kappa shape index (κ2) is 3.63. The van der Waals surface area contributed by atoms with Gasteiger partial charge >= 0.3 is 0 Å². The lowest BCUT2D eigenvalue weighted by Crippen LogP contribution is -2.20. The van der Waals surface area contributed by atoms with Gasteiger partial charge in [0.15, 0.2) is 11.5 Å². The Morgan fingerprint density at radius 3 is 2.67 bits per heavy atom. The van der Waals surface area contributed by atoms with E-state index in [2.05, 4.69) is 0 Å². The van der Waals surface area contributed by atoms with E-state index in [1.807, 2.05) is 6.92 Å². The summed E-state index contributed by atoms with van der Waals surface area (Å²) in [6.45, 7) is 1.95. The third-order valence-corrected chi connectivity index (χ3v) is 1.94. The Morgan fingerprint density at radius 2 is 2.17 bits per heavy atom. The molecule has 0 saturated heterocycles. The van der Waals surface area contributed by atoms with E-state index >= 15 is 0 Å². The van der Waals surface area contributed by atoms with Crippen molar-refractivity contribution >= 4 is 0 Å². The number of aliphatic hydroxyl groups is 1. The zero-order valence-electron chi connectivity index (χ0n) is 7.63. The molecule has 3 heteroatoms. The molecule has 0 aromatic carbocycles. The molecule has 0 saturated carbocycles. The van der Waals surface area contributed by atoms with Crippen molar-refractivity contribution < 1.29 is 14.6 Å². The van der Waals surface area contributed by atoms with Gasteiger partial charge in [-0.2, -0.15) is 0 Å². The van der Waals surface area contributed by atoms with Crippen molar-refractivity contribution in [2.24, 2.45) is 0 Å². The molecule has 0 heterocycles. The maximum atomic E-state index is 9.44. The van der Waals surface area contributed by atoms with Crippen LogP contribution in [0.5, 0.6) is 0 Å². The molecule has 1 rings (SSSR count). The highest BCUT2D eigenvalue weighted by Gasteiger charge is 2.22. The Hall–Kier alpha value is -0.960. The van der Waals surface area contributed by atoms with Gasteiger partial charge in [0.05, 0.1) is 7.11 Å². The first-order valence-electron chi connectivity index (χ1n) is 3.86. The van der Waals surface area contributed by atoms with Crippen LogP contribution in [0.1, 0.15) is 13.3 Å². The van der Waals surface area contributed by atoms with Crippen molar-refractivity contribution in [3.8, 4) is 0 Å². The van der Waals surface area contributed by atoms with Crippen LogP contribution in [-0.2, 0) is 9.47 Å². The molecule has 68 valence electrons. The van der Waals surface area contributed by atoms with Crippen molar-refractivity contribution in [1.29, 1.82) is 0 Å². The number of rotatable bonds is 2. The van der Waals surface area contributed by atoms with Crippen molar-refractivity contribution in [2.75, 3.05) is 14.2 Å². The first kappa shape index (κ1) is 9.13. The molecule has 1 atom stereocenters. The van der Waals surface area contributed by atoms with Crippen LogP contribution in [0.2, 0.25) is 0 Å². The number of aliphatic hydroxyl groups excluding tert-OH is 1. The fourth-order valence-corrected chi connectivity index (χ4v) is 1.34. The topological polar surface area (TPSA) is 38.7 Å². The number of hydrogen-bond donors (Lipinski definition) is 1. The normalized spacial score (nSPS) is 23.9. The Morgan fingerprint density at radius 1 is 1.50 bits per heavy atom. The van der Waals surface area contributed by atoms with Gasteiger partial charge in [-0.25, -0.2) is 0 Å². The quantitative estimate of drug-likeness (QED) is 0.686. The second-order valence-corrected chi connectivity index (χ2v) is 2.87. The maximum Gasteiger partial charge on any atom is 0.166 e. The highest BCUT2D eigenvalue weighted by molar-refractivity contribution is 5.28. The smallest absolute Gasteiger partial charge is 0.166 e. The fourth-order valence-electron chi connectivity index (χ4n) is 1.34. The Bertz CT molecular complexity index is 228. The molecule has 3 nitrogen and oxygen atoms in total. The van der Waals surface area contributed by atoms with Crippen LogP contribution in [0.25, 0.3) is 0 Å². The van der Waals surface area contributed by atoms with Gasteiger partial charge in [-0.3, -0.25) is 0 Å². The molecule has 1 unspecified atom stereocenters. The summed E-state index contributed by atoms with van der Waals surface area (Å²) in [6, 6.07) is 0. The minimum atomic E-state index is -0.139. The van der Waals surface area contributed by atoms with Gasteiger partial charge in [-0.1, -0.05) is 5.57 Å². The average molecular weight is 170 g/mol. The van der Waals surface area contributed by atoms with E-state index in [0.717, 1.165) is 12.0 Å². The third-order valence-electron chi connectivity index (χ3n) is 1.94. The third kappa shape index (κ3) is 1.61. The zero-order chi connectivity index (χ0) is 9.14. The van der Waals surface area contributed by atoms with Gasteiger partial charge in [-0.15, -0.1) is 0 Å². The van der Waals surface area contributed by atoms with Crippen LogP contribution in [0.3, 0.4) is 0 Å². The van der Waals surface area contributed by atoms with Gasteiger partial charge in [0.1, 0.15) is 6.10 Å². The van der Waals surface area contributed by atoms with Crippen LogP contribution in [0.15, 0.2) is 23.2 Å². The monoisotopic (exact) mass is 170 g/mol. The Kier molecular flexibility index (Phi) is 2.76. The highest BCUT2D eigenvalue weighted by Crippen LogP contribution is 2.24. The summed E-state index contributed by atoms with van der Waals surface area (Å²) in [6.07, 6.45) is 2.35. The van der Waals surface area contributed by atoms with Crippen LogP contribution >= 0.6 is 0 Å². The molecule has 1 N–H and O–H groups in total. The molecule has 0 aromatic heterocycles. The van der Waals surface area contributed by atoms with Crippen LogP contribution in [0.4, 0.5) is 0 Å². The summed E-state index contributed by atoms with van der Waals surface area (Å²) < 4.78 is 10.2. The standard InChI is InChI=1S/C9H14O3/c1-6-4-7(10)9(12-3)8(5-6)11-2/h4,8,10H,5H2,1-3H3. The highest BCUT2D eigenvalue weighted by atomic mass is 16.5. The van der Waals surface area contributed by atoms with E-state index in [0.29, 0.717) is 5.76 Å². The van der Waals surface area contributed by atoms with Crippen molar-refractivity contribution in [1.82, 2.24) is 0 Å². The van der Waals surface area contributed by atoms with E-state index in [1.165, 1.54) is 7.11 Å². The molecule has 0 amide bonds. The first-order valence-corrected chi connectivity index (χ1v) is 3.86. The van der Waals surface area contributed by atoms with Crippen LogP contribution in [0, 0.1) is 0 Å². The van der Waals surface area contributed by atoms with Crippen molar-refractivity contribution in [3.05, 3.63) is 23.2 Å². The molecule has 1 aliphatic carbocycles. The average Bonchev–Trinajstić information content (AvgIpc) is 2.03. The van der Waals surface area contributed by atoms with Crippen LogP contribution in [-0.4, -0.2) is 25.4 Å². The number of hydrogen-bond acceptors (Lipinski definition) is 3. The van der Waals surface area contributed by atoms with Crippen molar-refractivity contribution in [3.63, 3.8) is 0 Å². The summed E-state index contributed by atoms with van der Waals surface area (Å²) in [7, 11) is 3.14. The SMILES string of the molecule is COC1=C(O)C=C(C)CC1OC. The molecule has 0 fully saturated rings. The van der Waals surface area contributed by atoms with E-state index in [4.69, 9.17) is 9.47 Å². The predicted molar refractivity (Wildman–Crippen MR) is 45.8 cm³/mol. The molecule has 12 heavy (non-hydrogen) atoms. The molecular weight excluding hydrogens is 156 g/mol. The predicted octanol–water partition coefficient (Wildman–Crippen LogP) is 1.77. The Balaban J connectivity index is 2.91. The minimum absolute atomic E-state index is 0.139. The lowest BCUT2D eigenvalue weighted by Gasteiger charge is -2.22. The van der Waals surface area contributed by atoms with E-state index in [9.17, 15) is 5.11 Å². The molecular formula is C9H14O3. The summed E-state index contributed by atoms with van der Waals surface area (Å²) in [5.74, 6) is 0.691. The van der Waals surface area contributed by atoms with Gasteiger partial charge in [0.2, 0.25) is 0 Å². The van der Waals surface area contributed by atoms with Crippen molar-refractivity contribution in [2.45, 2.75) is 19.4 Å². The Labute approximate surface area is 72.3 Å². The molecule has 0 spiro atoms. The van der Waals surface area contributed by atoms with E-state index in [-0.39, 0.29) is 11.9 Å². The molecule has 0 aromatic rings. The zero-order valence-corrected chi connectivity index (χ0v) is 7.63. The summed E-state index contributed by atoms with van der Waals surface area (Å²) in [5.41, 5.74) is 1.10. The number of methoxy groups -OCH3 is 2. The molecule has 0 bridgehead atoms. The lowest BCUT2D eigenvalue weighted by molar-refractivity contribution is 0.0684. The van der Waals surface area contributed by atoms with Gasteiger partial charge in [-0.05, 0) is 13.0 Å². The summed E-state index contributed by atoms with van der Waals surface area (Å²) in [4.78, 5) is 0. The van der Waals surface area contributed by atoms with Crippen LogP contribution < -0.4 is 0 Å². The van der Waals surface area contributed by atoms with E-state index < -0.39 is 0 Å². The fraction of sp³-hybridized carbons (Fsp3) is 0.556. The molecule has 0 radical (unpaired) electrons. The first-order chi connectivity index (χ1) is 5.69. The minimum Gasteiger partial charge on any atom is -0.504 e. The number of ether oxygens (including phenoxy) is 2. The second-order valence-electron chi connectivity index (χ2n) is 2.87. The maximum absolute atomic E-state index is 9.44. The van der Waals surface area contributed by atoms with Gasteiger partial charge in [0.25, 0.3) is 0 Å². The number of allylic oxidation sites excluding steroid dienone is 1. The summed E-state index contributed by atoms with van der Waals surface area (Å²) >= 11 is 0.